The van der Waals surface area contributed by atoms with E-state index in [1.165, 1.54) is 34.6 Å². The van der Waals surface area contributed by atoms with E-state index in [9.17, 15) is 4.79 Å². The van der Waals surface area contributed by atoms with Gasteiger partial charge >= 0.3 is 0 Å². The Labute approximate surface area is 180 Å². The van der Waals surface area contributed by atoms with E-state index in [-0.39, 0.29) is 11.4 Å². The molecular formula is C21H14N4O3S2. The van der Waals surface area contributed by atoms with E-state index in [4.69, 9.17) is 14.2 Å². The molecule has 30 heavy (non-hydrogen) atoms. The number of fused-ring (bicyclic) bond motifs is 1. The number of amidine groups is 2. The molecule has 0 fully saturated rings. The Morgan fingerprint density at radius 2 is 2.00 bits per heavy atom. The van der Waals surface area contributed by atoms with Gasteiger partial charge < -0.3 is 8.83 Å². The van der Waals surface area contributed by atoms with Crippen LogP contribution in [-0.4, -0.2) is 27.0 Å². The van der Waals surface area contributed by atoms with Crippen molar-refractivity contribution in [1.82, 2.24) is 5.01 Å². The van der Waals surface area contributed by atoms with Gasteiger partial charge in [0.1, 0.15) is 16.6 Å². The maximum absolute atomic E-state index is 12.5. The number of nitrogens with one attached hydrogen (secondary N) is 1. The number of hydrogen-bond acceptors (Lipinski definition) is 7. The molecule has 0 bridgehead atoms. The van der Waals surface area contributed by atoms with Crippen molar-refractivity contribution < 1.29 is 13.6 Å². The molecule has 1 amide bonds. The summed E-state index contributed by atoms with van der Waals surface area (Å²) in [6.45, 7) is 0. The number of benzene rings is 1. The lowest BCUT2D eigenvalue weighted by Crippen LogP contribution is -2.35. The number of hydrazone groups is 1. The topological polar surface area (TPSA) is 95.2 Å². The second-order valence-electron chi connectivity index (χ2n) is 6.32. The van der Waals surface area contributed by atoms with Crippen LogP contribution in [0.15, 0.2) is 90.5 Å². The zero-order valence-corrected chi connectivity index (χ0v) is 17.1. The van der Waals surface area contributed by atoms with E-state index >= 15 is 0 Å². The Balaban J connectivity index is 1.36. The van der Waals surface area contributed by atoms with Crippen molar-refractivity contribution in [3.8, 4) is 0 Å². The molecule has 7 nitrogen and oxygen atoms in total. The van der Waals surface area contributed by atoms with Crippen molar-refractivity contribution in [3.05, 3.63) is 83.5 Å². The van der Waals surface area contributed by atoms with Crippen LogP contribution in [0, 0.1) is 5.41 Å². The lowest BCUT2D eigenvalue weighted by molar-refractivity contribution is -0.114. The summed E-state index contributed by atoms with van der Waals surface area (Å²) in [5, 5.41) is 16.1. The van der Waals surface area contributed by atoms with Crippen LogP contribution in [0.3, 0.4) is 0 Å². The Kier molecular flexibility index (Phi) is 4.89. The molecule has 9 heteroatoms. The molecular weight excluding hydrogens is 420 g/mol. The normalized spacial score (nSPS) is 17.3. The van der Waals surface area contributed by atoms with Gasteiger partial charge in [-0.3, -0.25) is 10.2 Å². The molecule has 0 radical (unpaired) electrons. The van der Waals surface area contributed by atoms with E-state index in [1.807, 2.05) is 48.5 Å². The van der Waals surface area contributed by atoms with Crippen LogP contribution in [0.2, 0.25) is 0 Å². The molecule has 2 aliphatic heterocycles. The summed E-state index contributed by atoms with van der Waals surface area (Å²) in [6, 6.07) is 16.9. The maximum atomic E-state index is 12.5. The summed E-state index contributed by atoms with van der Waals surface area (Å²) in [7, 11) is 0. The summed E-state index contributed by atoms with van der Waals surface area (Å²) >= 11 is 2.76. The molecule has 1 aromatic carbocycles. The van der Waals surface area contributed by atoms with Gasteiger partial charge in [-0.25, -0.2) is 0 Å². The predicted molar refractivity (Wildman–Crippen MR) is 118 cm³/mol. The maximum Gasteiger partial charge on any atom is 0.283 e. The first-order valence-electron chi connectivity index (χ1n) is 8.98. The van der Waals surface area contributed by atoms with Gasteiger partial charge in [0.2, 0.25) is 5.17 Å². The minimum Gasteiger partial charge on any atom is -0.468 e. The van der Waals surface area contributed by atoms with Gasteiger partial charge in [-0.15, -0.1) is 0 Å². The number of hydrogen-bond donors (Lipinski definition) is 1. The highest BCUT2D eigenvalue weighted by atomic mass is 32.2. The Hall–Kier alpha value is -3.30. The summed E-state index contributed by atoms with van der Waals surface area (Å²) in [5.41, 5.74) is 1.05. The lowest BCUT2D eigenvalue weighted by atomic mass is 10.1. The largest absolute Gasteiger partial charge is 0.468 e. The highest BCUT2D eigenvalue weighted by molar-refractivity contribution is 8.27. The predicted octanol–water partition coefficient (Wildman–Crippen LogP) is 4.83. The number of amides is 1. The molecule has 0 saturated heterocycles. The van der Waals surface area contributed by atoms with E-state index in [0.717, 1.165) is 11.3 Å². The fourth-order valence-corrected chi connectivity index (χ4v) is 4.52. The number of carbonyl (C=O) groups excluding carboxylic acids is 1. The van der Waals surface area contributed by atoms with Crippen LogP contribution >= 0.6 is 23.5 Å². The van der Waals surface area contributed by atoms with Crippen molar-refractivity contribution in [2.45, 2.75) is 10.8 Å². The van der Waals surface area contributed by atoms with E-state index in [2.05, 4.69) is 10.1 Å². The van der Waals surface area contributed by atoms with Gasteiger partial charge in [-0.2, -0.15) is 15.1 Å². The summed E-state index contributed by atoms with van der Waals surface area (Å²) < 4.78 is 11.1. The van der Waals surface area contributed by atoms with Gasteiger partial charge in [0.05, 0.1) is 17.6 Å². The van der Waals surface area contributed by atoms with Crippen LogP contribution in [0.25, 0.3) is 6.08 Å². The fraction of sp³-hybridized carbons (Fsp3) is 0.0476. The van der Waals surface area contributed by atoms with Crippen molar-refractivity contribution in [2.24, 2.45) is 10.1 Å². The molecule has 2 aliphatic rings. The zero-order chi connectivity index (χ0) is 20.5. The SMILES string of the molecule is N=C1/C(=C/c2ccc(SCc3ccco3)o2)C(=O)N=C2SC(c3ccccc3)=NN12. The van der Waals surface area contributed by atoms with Gasteiger partial charge in [0.15, 0.2) is 10.9 Å². The molecule has 0 unspecified atom stereocenters. The number of nitrogens with zero attached hydrogens (tertiary/aromatic N) is 3. The highest BCUT2D eigenvalue weighted by Crippen LogP contribution is 2.31. The average molecular weight is 435 g/mol. The number of aliphatic imine (C=N–C) groups is 1. The third-order valence-electron chi connectivity index (χ3n) is 4.30. The second-order valence-corrected chi connectivity index (χ2v) is 8.25. The Morgan fingerprint density at radius 1 is 1.13 bits per heavy atom. The van der Waals surface area contributed by atoms with Crippen molar-refractivity contribution in [3.63, 3.8) is 0 Å². The van der Waals surface area contributed by atoms with Gasteiger partial charge in [0.25, 0.3) is 5.91 Å². The summed E-state index contributed by atoms with van der Waals surface area (Å²) in [6.07, 6.45) is 3.16. The smallest absolute Gasteiger partial charge is 0.283 e. The molecule has 3 aromatic rings. The molecule has 0 saturated carbocycles. The Morgan fingerprint density at radius 3 is 2.80 bits per heavy atom. The molecule has 0 aliphatic carbocycles. The number of furan rings is 2. The standard InChI is InChI=1S/C21H14N4O3S2/c22-18-16(11-14-8-9-17(28-14)29-12-15-7-4-10-27-15)19(26)23-21-25(18)24-20(30-21)13-5-2-1-3-6-13/h1-11,22H,12H2/b16-11-,22-18?. The first-order valence-corrected chi connectivity index (χ1v) is 10.8. The third kappa shape index (κ3) is 3.64. The quantitative estimate of drug-likeness (QED) is 0.456. The fourth-order valence-electron chi connectivity index (χ4n) is 2.86. The van der Waals surface area contributed by atoms with Gasteiger partial charge in [0, 0.05) is 5.56 Å². The number of rotatable bonds is 5. The van der Waals surface area contributed by atoms with Crippen LogP contribution in [0.5, 0.6) is 0 Å². The number of carbonyl (C=O) groups is 1. The summed E-state index contributed by atoms with van der Waals surface area (Å²) in [5.74, 6) is 1.46. The van der Waals surface area contributed by atoms with Crippen molar-refractivity contribution in [1.29, 1.82) is 5.41 Å². The van der Waals surface area contributed by atoms with E-state index in [1.54, 1.807) is 12.3 Å². The highest BCUT2D eigenvalue weighted by Gasteiger charge is 2.36. The molecule has 0 spiro atoms. The molecule has 0 atom stereocenters. The molecule has 148 valence electrons. The molecule has 4 heterocycles. The van der Waals surface area contributed by atoms with Crippen molar-refractivity contribution >= 4 is 51.6 Å². The van der Waals surface area contributed by atoms with Gasteiger partial charge in [-0.05, 0) is 42.1 Å². The van der Waals surface area contributed by atoms with Crippen LogP contribution < -0.4 is 0 Å². The van der Waals surface area contributed by atoms with Crippen LogP contribution in [0.4, 0.5) is 0 Å². The first kappa shape index (κ1) is 18.7. The Bertz CT molecular complexity index is 1210. The minimum absolute atomic E-state index is 0.0235. The molecule has 5 rings (SSSR count). The van der Waals surface area contributed by atoms with Gasteiger partial charge in [-0.1, -0.05) is 42.1 Å². The minimum atomic E-state index is -0.482. The second kappa shape index (κ2) is 7.85. The monoisotopic (exact) mass is 434 g/mol. The zero-order valence-electron chi connectivity index (χ0n) is 15.4. The van der Waals surface area contributed by atoms with Crippen molar-refractivity contribution in [2.75, 3.05) is 0 Å². The third-order valence-corrected chi connectivity index (χ3v) is 6.19. The van der Waals surface area contributed by atoms with E-state index < -0.39 is 5.91 Å². The average Bonchev–Trinajstić information content (AvgIpc) is 3.51. The summed E-state index contributed by atoms with van der Waals surface area (Å²) in [4.78, 5) is 16.6. The van der Waals surface area contributed by atoms with Crippen LogP contribution in [-0.2, 0) is 10.5 Å². The lowest BCUT2D eigenvalue weighted by Gasteiger charge is -2.19. The first-order chi connectivity index (χ1) is 14.7. The van der Waals surface area contributed by atoms with Crippen LogP contribution in [0.1, 0.15) is 17.1 Å². The van der Waals surface area contributed by atoms with E-state index in [0.29, 0.717) is 26.8 Å². The molecule has 1 N–H and O–H groups in total. The molecule has 2 aromatic heterocycles. The number of thioether (sulfide) groups is 2.